The average molecular weight is 411 g/mol. The van der Waals surface area contributed by atoms with Crippen LogP contribution in [0.25, 0.3) is 21.9 Å². The van der Waals surface area contributed by atoms with Gasteiger partial charge in [-0.25, -0.2) is 18.7 Å². The maximum absolute atomic E-state index is 13.9. The number of hydrogen-bond donors (Lipinski definition) is 1. The number of amides is 1. The summed E-state index contributed by atoms with van der Waals surface area (Å²) >= 11 is 1.23. The number of nitrogens with one attached hydrogen (secondary N) is 1. The van der Waals surface area contributed by atoms with Gasteiger partial charge < -0.3 is 4.42 Å². The lowest BCUT2D eigenvalue weighted by Crippen LogP contribution is -2.15. The minimum absolute atomic E-state index is 0.256. The summed E-state index contributed by atoms with van der Waals surface area (Å²) in [6.45, 7) is 3.77. The second-order valence-corrected chi connectivity index (χ2v) is 7.35. The van der Waals surface area contributed by atoms with E-state index in [0.29, 0.717) is 11.6 Å². The summed E-state index contributed by atoms with van der Waals surface area (Å²) in [5, 5.41) is 2.75. The number of benzene rings is 2. The van der Waals surface area contributed by atoms with Gasteiger partial charge in [0.1, 0.15) is 23.5 Å². The Morgan fingerprint density at radius 2 is 1.90 bits per heavy atom. The number of thiazole rings is 1. The molecule has 0 unspecified atom stereocenters. The molecule has 4 aromatic rings. The molecule has 0 bridgehead atoms. The number of halogens is 2. The smallest absolute Gasteiger partial charge is 0.263 e. The third kappa shape index (κ3) is 3.66. The number of carbonyl (C=O) groups excluding carboxylic acids is 1. The molecule has 29 heavy (non-hydrogen) atoms. The molecule has 1 N–H and O–H groups in total. The van der Waals surface area contributed by atoms with Gasteiger partial charge in [-0.1, -0.05) is 23.5 Å². The van der Waals surface area contributed by atoms with Crippen LogP contribution in [-0.2, 0) is 0 Å². The van der Waals surface area contributed by atoms with Gasteiger partial charge in [0.2, 0.25) is 5.89 Å². The summed E-state index contributed by atoms with van der Waals surface area (Å²) in [6.07, 6.45) is 3.07. The van der Waals surface area contributed by atoms with Gasteiger partial charge in [0.15, 0.2) is 5.13 Å². The van der Waals surface area contributed by atoms with E-state index in [0.717, 1.165) is 33.7 Å². The fourth-order valence-electron chi connectivity index (χ4n) is 2.94. The van der Waals surface area contributed by atoms with E-state index in [4.69, 9.17) is 4.42 Å². The highest BCUT2D eigenvalue weighted by atomic mass is 32.1. The molecule has 1 amide bonds. The van der Waals surface area contributed by atoms with Crippen molar-refractivity contribution in [3.63, 3.8) is 0 Å². The Bertz CT molecular complexity index is 1180. The molecule has 0 aliphatic rings. The molecule has 0 atom stereocenters. The predicted molar refractivity (Wildman–Crippen MR) is 107 cm³/mol. The third-order valence-electron chi connectivity index (χ3n) is 4.37. The molecule has 2 aromatic heterocycles. The molecule has 0 aliphatic carbocycles. The van der Waals surface area contributed by atoms with E-state index in [-0.39, 0.29) is 5.13 Å². The quantitative estimate of drug-likeness (QED) is 0.474. The molecule has 0 radical (unpaired) electrons. The number of aryl methyl sites for hydroxylation is 2. The van der Waals surface area contributed by atoms with E-state index in [1.807, 2.05) is 32.0 Å². The molecule has 0 aliphatic heterocycles. The number of hydrogen-bond acceptors (Lipinski definition) is 5. The molecular weight excluding hydrogens is 396 g/mol. The van der Waals surface area contributed by atoms with E-state index in [2.05, 4.69) is 15.3 Å². The van der Waals surface area contributed by atoms with Crippen molar-refractivity contribution < 1.29 is 18.0 Å². The Kier molecular flexibility index (Phi) is 4.94. The topological polar surface area (TPSA) is 68.0 Å². The lowest BCUT2D eigenvalue weighted by Gasteiger charge is -2.06. The van der Waals surface area contributed by atoms with Crippen LogP contribution in [0.15, 0.2) is 53.3 Å². The number of rotatable bonds is 4. The number of carbonyl (C=O) groups is 1. The van der Waals surface area contributed by atoms with Gasteiger partial charge in [-0.15, -0.1) is 0 Å². The standard InChI is InChI=1S/C21H15F2N3O2S/c1-11-6-7-13(20-24-8-9-28-20)10-14(11)18-12(2)25-21(29-18)26-19(27)17-15(22)4-3-5-16(17)23/h3-10H,1-2H3,(H,25,26,27). The molecule has 2 heterocycles. The van der Waals surface area contributed by atoms with E-state index >= 15 is 0 Å². The third-order valence-corrected chi connectivity index (χ3v) is 5.47. The highest BCUT2D eigenvalue weighted by Crippen LogP contribution is 2.37. The van der Waals surface area contributed by atoms with Gasteiger partial charge in [-0.2, -0.15) is 0 Å². The second kappa shape index (κ2) is 7.56. The van der Waals surface area contributed by atoms with Crippen molar-refractivity contribution in [3.8, 4) is 21.9 Å². The molecule has 0 fully saturated rings. The summed E-state index contributed by atoms with van der Waals surface area (Å²) < 4.78 is 33.1. The zero-order valence-corrected chi connectivity index (χ0v) is 16.3. The zero-order chi connectivity index (χ0) is 20.5. The van der Waals surface area contributed by atoms with Crippen molar-refractivity contribution in [2.75, 3.05) is 5.32 Å². The highest BCUT2D eigenvalue weighted by molar-refractivity contribution is 7.19. The van der Waals surface area contributed by atoms with Crippen molar-refractivity contribution in [1.29, 1.82) is 0 Å². The lowest BCUT2D eigenvalue weighted by molar-refractivity contribution is 0.101. The minimum atomic E-state index is -0.925. The van der Waals surface area contributed by atoms with E-state index < -0.39 is 23.1 Å². The number of anilines is 1. The molecule has 0 saturated carbocycles. The number of aromatic nitrogens is 2. The monoisotopic (exact) mass is 411 g/mol. The Labute approximate surface area is 169 Å². The predicted octanol–water partition coefficient (Wildman–Crippen LogP) is 5.61. The maximum atomic E-state index is 13.9. The number of oxazole rings is 1. The lowest BCUT2D eigenvalue weighted by atomic mass is 10.0. The Morgan fingerprint density at radius 1 is 1.14 bits per heavy atom. The molecule has 0 spiro atoms. The summed E-state index contributed by atoms with van der Waals surface area (Å²) in [6, 6.07) is 9.06. The summed E-state index contributed by atoms with van der Waals surface area (Å²) in [4.78, 5) is 21.7. The van der Waals surface area contributed by atoms with Crippen molar-refractivity contribution in [1.82, 2.24) is 9.97 Å². The Hall–Kier alpha value is -3.39. The molecule has 8 heteroatoms. The molecule has 146 valence electrons. The van der Waals surface area contributed by atoms with Crippen LogP contribution in [0.2, 0.25) is 0 Å². The van der Waals surface area contributed by atoms with E-state index in [1.165, 1.54) is 23.7 Å². The van der Waals surface area contributed by atoms with E-state index in [9.17, 15) is 13.6 Å². The first kappa shape index (κ1) is 18.9. The van der Waals surface area contributed by atoms with Crippen molar-refractivity contribution in [2.24, 2.45) is 0 Å². The van der Waals surface area contributed by atoms with Gasteiger partial charge in [0.05, 0.1) is 16.8 Å². The first-order chi connectivity index (χ1) is 13.9. The van der Waals surface area contributed by atoms with Gasteiger partial charge in [0, 0.05) is 5.56 Å². The fourth-order valence-corrected chi connectivity index (χ4v) is 3.98. The van der Waals surface area contributed by atoms with Crippen molar-refractivity contribution in [2.45, 2.75) is 13.8 Å². The fraction of sp³-hybridized carbons (Fsp3) is 0.0952. The molecular formula is C21H15F2N3O2S. The van der Waals surface area contributed by atoms with Crippen LogP contribution in [-0.4, -0.2) is 15.9 Å². The number of nitrogens with zero attached hydrogens (tertiary/aromatic N) is 2. The summed E-state index contributed by atoms with van der Waals surface area (Å²) in [5.41, 5.74) is 2.77. The molecule has 2 aromatic carbocycles. The van der Waals surface area contributed by atoms with Gasteiger partial charge >= 0.3 is 0 Å². The van der Waals surface area contributed by atoms with Crippen LogP contribution in [0.3, 0.4) is 0 Å². The van der Waals surface area contributed by atoms with Gasteiger partial charge in [-0.3, -0.25) is 10.1 Å². The molecule has 4 rings (SSSR count). The van der Waals surface area contributed by atoms with Crippen molar-refractivity contribution >= 4 is 22.4 Å². The van der Waals surface area contributed by atoms with E-state index in [1.54, 1.807) is 6.20 Å². The second-order valence-electron chi connectivity index (χ2n) is 6.35. The largest absolute Gasteiger partial charge is 0.445 e. The van der Waals surface area contributed by atoms with Gasteiger partial charge in [0.25, 0.3) is 5.91 Å². The highest BCUT2D eigenvalue weighted by Gasteiger charge is 2.20. The first-order valence-electron chi connectivity index (χ1n) is 8.67. The average Bonchev–Trinajstić information content (AvgIpc) is 3.32. The Morgan fingerprint density at radius 3 is 2.59 bits per heavy atom. The summed E-state index contributed by atoms with van der Waals surface area (Å²) in [7, 11) is 0. The van der Waals surface area contributed by atoms with Crippen LogP contribution >= 0.6 is 11.3 Å². The van der Waals surface area contributed by atoms with Crippen LogP contribution in [0.5, 0.6) is 0 Å². The summed E-state index contributed by atoms with van der Waals surface area (Å²) in [5.74, 6) is -2.24. The zero-order valence-electron chi connectivity index (χ0n) is 15.5. The first-order valence-corrected chi connectivity index (χ1v) is 9.49. The van der Waals surface area contributed by atoms with Crippen LogP contribution in [0.4, 0.5) is 13.9 Å². The van der Waals surface area contributed by atoms with Crippen LogP contribution in [0, 0.1) is 25.5 Å². The van der Waals surface area contributed by atoms with Crippen LogP contribution in [0.1, 0.15) is 21.6 Å². The SMILES string of the molecule is Cc1ccc(-c2ncco2)cc1-c1sc(NC(=O)c2c(F)cccc2F)nc1C. The normalized spacial score (nSPS) is 10.9. The molecule has 5 nitrogen and oxygen atoms in total. The maximum Gasteiger partial charge on any atom is 0.263 e. The van der Waals surface area contributed by atoms with Crippen molar-refractivity contribution in [3.05, 3.63) is 77.3 Å². The van der Waals surface area contributed by atoms with Gasteiger partial charge in [-0.05, 0) is 49.2 Å². The molecule has 0 saturated heterocycles. The minimum Gasteiger partial charge on any atom is -0.445 e. The van der Waals surface area contributed by atoms with Crippen LogP contribution < -0.4 is 5.32 Å². The Balaban J connectivity index is 1.67.